The Bertz CT molecular complexity index is 5050. The fourth-order valence-electron chi connectivity index (χ4n) is 13.1. The first-order valence-electron chi connectivity index (χ1n) is 33.7. The summed E-state index contributed by atoms with van der Waals surface area (Å²) >= 11 is 3.79. The molecule has 0 atom stereocenters. The summed E-state index contributed by atoms with van der Waals surface area (Å²) in [6.45, 7) is 8.25. The van der Waals surface area contributed by atoms with Crippen LogP contribution in [-0.4, -0.2) is 18.3 Å². The molecule has 0 radical (unpaired) electrons. The van der Waals surface area contributed by atoms with Gasteiger partial charge in [-0.25, -0.2) is 0 Å². The number of anilines is 12. The van der Waals surface area contributed by atoms with E-state index in [1.807, 2.05) is 66.7 Å². The van der Waals surface area contributed by atoms with E-state index in [1.54, 1.807) is 0 Å². The largest absolute Gasteiger partial charge is 0.577 e. The first kappa shape index (κ1) is 67.0. The Labute approximate surface area is 602 Å². The van der Waals surface area contributed by atoms with Crippen molar-refractivity contribution in [3.05, 3.63) is 368 Å². The molecular formula is C90H74BBrN4O4P-. The maximum atomic E-state index is 6.55. The lowest BCUT2D eigenvalue weighted by Crippen LogP contribution is -2.41. The zero-order valence-corrected chi connectivity index (χ0v) is 59.3. The van der Waals surface area contributed by atoms with Crippen LogP contribution in [0.15, 0.2) is 377 Å². The minimum absolute atomic E-state index is 0. The second kappa shape index (κ2) is 29.7. The number of rotatable bonds is 14. The van der Waals surface area contributed by atoms with Gasteiger partial charge in [0.15, 0.2) is 0 Å². The van der Waals surface area contributed by atoms with Gasteiger partial charge in [0, 0.05) is 105 Å². The highest BCUT2D eigenvalue weighted by molar-refractivity contribution is 9.10. The van der Waals surface area contributed by atoms with E-state index < -0.39 is 7.12 Å². The van der Waals surface area contributed by atoms with E-state index in [4.69, 9.17) is 18.1 Å². The van der Waals surface area contributed by atoms with Crippen molar-refractivity contribution in [1.82, 2.24) is 0 Å². The summed E-state index contributed by atoms with van der Waals surface area (Å²) in [5.74, 6) is 0. The van der Waals surface area contributed by atoms with Crippen molar-refractivity contribution < 1.29 is 18.1 Å². The van der Waals surface area contributed by atoms with Crippen molar-refractivity contribution in [2.75, 3.05) is 19.6 Å². The summed E-state index contributed by atoms with van der Waals surface area (Å²) in [5.41, 5.74) is 18.9. The van der Waals surface area contributed by atoms with Crippen molar-refractivity contribution >= 4 is 151 Å². The quantitative estimate of drug-likeness (QED) is 0.0789. The van der Waals surface area contributed by atoms with E-state index >= 15 is 0 Å². The van der Waals surface area contributed by atoms with E-state index in [0.717, 1.165) is 133 Å². The minimum Gasteiger partial charge on any atom is -0.577 e. The number of fused-ring (bicyclic) bond motifs is 6. The molecule has 1 fully saturated rings. The number of furan rings is 2. The SMILES string of the molecule is Brc1cc(N(c2ccccc2)c2ccccc2)cc(N(c2ccccc2)c2ccccc2)c1.CC1(C)OB(c2cccc3c2oc2ccccc23)OC1(C)C.[PH2-].c1ccc(N(c2ccccc2)c2cc(-c3cccc4c3oc3ccccc34)cc(N(c3ccccc3)c3ccccc3)c2)cc1. The molecule has 0 amide bonds. The lowest BCUT2D eigenvalue weighted by molar-refractivity contribution is 0.00578. The second-order valence-electron chi connectivity index (χ2n) is 25.6. The highest BCUT2D eigenvalue weighted by Crippen LogP contribution is 2.47. The molecule has 494 valence electrons. The zero-order chi connectivity index (χ0) is 68.0. The monoisotopic (exact) mass is 1400 g/mol. The van der Waals surface area contributed by atoms with Gasteiger partial charge in [0.25, 0.3) is 0 Å². The smallest absolute Gasteiger partial charge is 0.498 e. The molecule has 0 N–H and O–H groups in total. The zero-order valence-electron chi connectivity index (χ0n) is 56.6. The third-order valence-corrected chi connectivity index (χ3v) is 19.0. The van der Waals surface area contributed by atoms with Gasteiger partial charge in [-0.3, -0.25) is 0 Å². The summed E-state index contributed by atoms with van der Waals surface area (Å²) < 4.78 is 26.0. The lowest BCUT2D eigenvalue weighted by Gasteiger charge is -2.32. The minimum atomic E-state index is -0.408. The van der Waals surface area contributed by atoms with Crippen LogP contribution in [0.1, 0.15) is 27.7 Å². The molecule has 101 heavy (non-hydrogen) atoms. The Morgan fingerprint density at radius 2 is 0.535 bits per heavy atom. The predicted octanol–water partition coefficient (Wildman–Crippen LogP) is 25.8. The third kappa shape index (κ3) is 14.1. The normalized spacial score (nSPS) is 12.8. The van der Waals surface area contributed by atoms with Gasteiger partial charge >= 0.3 is 7.12 Å². The number of benzene rings is 14. The Balaban J connectivity index is 0.000000136. The summed E-state index contributed by atoms with van der Waals surface area (Å²) in [6, 6.07) is 126. The Kier molecular flexibility index (Phi) is 19.7. The maximum Gasteiger partial charge on any atom is 0.498 e. The van der Waals surface area contributed by atoms with Crippen molar-refractivity contribution in [3.63, 3.8) is 0 Å². The molecule has 0 aliphatic carbocycles. The molecule has 3 heterocycles. The van der Waals surface area contributed by atoms with Gasteiger partial charge in [0.2, 0.25) is 0 Å². The van der Waals surface area contributed by atoms with E-state index in [9.17, 15) is 0 Å². The standard InChI is InChI=1S/C42H30N2O.C30H23BrN2.C18H19BO3.H2P/c1-5-16-32(17-6-1)43(33-18-7-2-8-19-33)36-28-31(38-25-15-26-40-39-24-13-14-27-41(39)45-42(38)40)29-37(30-36)44(34-20-9-3-10-21-34)35-22-11-4-12-23-35;31-24-21-29(32(25-13-5-1-6-14-25)26-15-7-2-8-16-26)23-30(22-24)33(27-17-9-3-10-18-27)28-19-11-4-12-20-28;1-17(2)18(3,4)22-19(21-17)14-10-7-9-13-12-8-5-6-11-15(12)20-16(13)14;/h1-30H;1-23H;5-11H,1-4H3;1H2/q;;;-1. The van der Waals surface area contributed by atoms with Gasteiger partial charge in [-0.05, 0) is 179 Å². The van der Waals surface area contributed by atoms with Gasteiger partial charge in [-0.2, -0.15) is 0 Å². The lowest BCUT2D eigenvalue weighted by atomic mass is 9.78. The van der Waals surface area contributed by atoms with Crippen molar-refractivity contribution in [2.24, 2.45) is 0 Å². The van der Waals surface area contributed by atoms with Gasteiger partial charge in [0.1, 0.15) is 22.3 Å². The molecule has 16 aromatic rings. The Morgan fingerprint density at radius 3 is 0.871 bits per heavy atom. The van der Waals surface area contributed by atoms with Crippen LogP contribution >= 0.6 is 25.8 Å². The first-order chi connectivity index (χ1) is 49.0. The predicted molar refractivity (Wildman–Crippen MR) is 431 cm³/mol. The number of nitrogens with zero attached hydrogens (tertiary/aromatic N) is 4. The van der Waals surface area contributed by atoms with E-state index in [-0.39, 0.29) is 21.1 Å². The maximum absolute atomic E-state index is 6.55. The summed E-state index contributed by atoms with van der Waals surface area (Å²) in [6.07, 6.45) is 0. The van der Waals surface area contributed by atoms with E-state index in [0.29, 0.717) is 0 Å². The summed E-state index contributed by atoms with van der Waals surface area (Å²) in [7, 11) is -0.408. The van der Waals surface area contributed by atoms with E-state index in [2.05, 4.69) is 360 Å². The Morgan fingerprint density at radius 1 is 0.267 bits per heavy atom. The number of para-hydroxylation sites is 12. The average molecular weight is 1400 g/mol. The molecule has 2 aromatic heterocycles. The van der Waals surface area contributed by atoms with Crippen LogP contribution in [-0.2, 0) is 9.31 Å². The highest BCUT2D eigenvalue weighted by Gasteiger charge is 2.52. The fourth-order valence-corrected chi connectivity index (χ4v) is 13.6. The molecule has 0 unspecified atom stereocenters. The van der Waals surface area contributed by atoms with Gasteiger partial charge in [-0.1, -0.05) is 234 Å². The van der Waals surface area contributed by atoms with Crippen molar-refractivity contribution in [2.45, 2.75) is 38.9 Å². The molecule has 0 saturated carbocycles. The van der Waals surface area contributed by atoms with Crippen LogP contribution in [0.25, 0.3) is 55.0 Å². The van der Waals surface area contributed by atoms with Crippen molar-refractivity contribution in [1.29, 1.82) is 0 Å². The highest BCUT2D eigenvalue weighted by atomic mass is 79.9. The van der Waals surface area contributed by atoms with Crippen LogP contribution < -0.4 is 25.1 Å². The third-order valence-electron chi connectivity index (χ3n) is 18.6. The number of hydrogen-bond donors (Lipinski definition) is 0. The van der Waals surface area contributed by atoms with Gasteiger partial charge in [-0.15, -0.1) is 0 Å². The van der Waals surface area contributed by atoms with Gasteiger partial charge < -0.3 is 47.6 Å². The van der Waals surface area contributed by atoms with E-state index in [1.165, 1.54) is 0 Å². The van der Waals surface area contributed by atoms with Crippen LogP contribution in [0.5, 0.6) is 0 Å². The topological polar surface area (TPSA) is 57.7 Å². The number of halogens is 1. The Hall–Kier alpha value is -11.2. The molecule has 17 rings (SSSR count). The van der Waals surface area contributed by atoms with Crippen molar-refractivity contribution in [3.8, 4) is 11.1 Å². The molecule has 1 saturated heterocycles. The molecule has 1 aliphatic heterocycles. The van der Waals surface area contributed by atoms with Crippen LogP contribution in [0.2, 0.25) is 0 Å². The molecule has 14 aromatic carbocycles. The van der Waals surface area contributed by atoms with Crippen LogP contribution in [0.3, 0.4) is 0 Å². The molecule has 11 heteroatoms. The fraction of sp³-hybridized carbons (Fsp3) is 0.0667. The molecule has 0 spiro atoms. The van der Waals surface area contributed by atoms with Gasteiger partial charge in [0.05, 0.1) is 11.2 Å². The molecular weight excluding hydrogens is 1320 g/mol. The molecule has 8 nitrogen and oxygen atoms in total. The average Bonchev–Trinajstić information content (AvgIpc) is 1.62. The van der Waals surface area contributed by atoms with Crippen LogP contribution in [0, 0.1) is 0 Å². The number of hydrogen-bond acceptors (Lipinski definition) is 8. The molecule has 1 aliphatic rings. The summed E-state index contributed by atoms with van der Waals surface area (Å²) in [5, 5.41) is 4.45. The summed E-state index contributed by atoms with van der Waals surface area (Å²) in [4.78, 5) is 9.20. The molecule has 0 bridgehead atoms. The first-order valence-corrected chi connectivity index (χ1v) is 34.5. The van der Waals surface area contributed by atoms with Crippen LogP contribution in [0.4, 0.5) is 68.2 Å². The second-order valence-corrected chi connectivity index (χ2v) is 26.5.